The molecule has 0 radical (unpaired) electrons. The lowest BCUT2D eigenvalue weighted by Gasteiger charge is -2.10. The summed E-state index contributed by atoms with van der Waals surface area (Å²) in [7, 11) is 0. The van der Waals surface area contributed by atoms with E-state index in [1.807, 2.05) is 0 Å². The van der Waals surface area contributed by atoms with Crippen molar-refractivity contribution in [2.45, 2.75) is 13.8 Å². The van der Waals surface area contributed by atoms with E-state index in [-0.39, 0.29) is 28.0 Å². The van der Waals surface area contributed by atoms with Crippen molar-refractivity contribution < 1.29 is 37.3 Å². The van der Waals surface area contributed by atoms with Crippen molar-refractivity contribution in [2.75, 3.05) is 0 Å². The minimum Gasteiger partial charge on any atom is -0.462 e. The molecule has 0 atom stereocenters. The highest BCUT2D eigenvalue weighted by Gasteiger charge is 2.13. The molecule has 0 N–H and O–H groups in total. The molecule has 0 spiro atoms. The Hall–Kier alpha value is -4.98. The van der Waals surface area contributed by atoms with Crippen molar-refractivity contribution in [1.82, 2.24) is 0 Å². The Labute approximate surface area is 218 Å². The predicted molar refractivity (Wildman–Crippen MR) is 139 cm³/mol. The quantitative estimate of drug-likeness (QED) is 0.160. The van der Waals surface area contributed by atoms with E-state index in [1.165, 1.54) is 44.4 Å². The third-order valence-electron chi connectivity index (χ3n) is 4.95. The van der Waals surface area contributed by atoms with Gasteiger partial charge in [-0.15, -0.1) is 0 Å². The maximum Gasteiger partial charge on any atom is 0.338 e. The van der Waals surface area contributed by atoms with Crippen LogP contribution in [0.4, 0.5) is 8.78 Å². The molecule has 8 heteroatoms. The maximum atomic E-state index is 15.0. The fraction of sp³-hybridized carbons (Fsp3) is 0.0667. The van der Waals surface area contributed by atoms with Crippen molar-refractivity contribution in [3.63, 3.8) is 0 Å². The molecule has 0 aliphatic rings. The van der Waals surface area contributed by atoms with E-state index in [2.05, 4.69) is 13.2 Å². The van der Waals surface area contributed by atoms with Gasteiger partial charge in [0.2, 0.25) is 0 Å². The summed E-state index contributed by atoms with van der Waals surface area (Å²) in [6.07, 6.45) is 4.41. The molecule has 0 aromatic heterocycles. The van der Waals surface area contributed by atoms with Gasteiger partial charge in [0.25, 0.3) is 0 Å². The molecule has 38 heavy (non-hydrogen) atoms. The van der Waals surface area contributed by atoms with E-state index >= 15 is 0 Å². The highest BCUT2D eigenvalue weighted by atomic mass is 19.1. The molecule has 0 fully saturated rings. The summed E-state index contributed by atoms with van der Waals surface area (Å²) in [5.74, 6) is -1.87. The van der Waals surface area contributed by atoms with Gasteiger partial charge in [-0.1, -0.05) is 37.4 Å². The average Bonchev–Trinajstić information content (AvgIpc) is 2.89. The summed E-state index contributed by atoms with van der Waals surface area (Å²) in [6.45, 7) is 9.94. The summed E-state index contributed by atoms with van der Waals surface area (Å²) in [5, 5.41) is 0. The SMILES string of the molecule is C=C(C)C(=O)O/C=C\Oc1ccc(-c2ccc(-c3ccc(O/C=C\OC(=O)C(=C)C)cc3F)c(F)c2)cc1. The van der Waals surface area contributed by atoms with E-state index in [9.17, 15) is 18.4 Å². The molecule has 3 aromatic rings. The minimum absolute atomic E-state index is 0.0574. The summed E-state index contributed by atoms with van der Waals surface area (Å²) >= 11 is 0. The van der Waals surface area contributed by atoms with Crippen LogP contribution in [-0.2, 0) is 19.1 Å². The predicted octanol–water partition coefficient (Wildman–Crippen LogP) is 7.24. The Morgan fingerprint density at radius 2 is 1.08 bits per heavy atom. The number of ether oxygens (including phenoxy) is 4. The van der Waals surface area contributed by atoms with Crippen LogP contribution < -0.4 is 9.47 Å². The first-order chi connectivity index (χ1) is 18.2. The van der Waals surface area contributed by atoms with Gasteiger partial charge in [-0.05, 0) is 55.3 Å². The average molecular weight is 519 g/mol. The highest BCUT2D eigenvalue weighted by Crippen LogP contribution is 2.32. The van der Waals surface area contributed by atoms with Gasteiger partial charge in [0.1, 0.15) is 48.2 Å². The van der Waals surface area contributed by atoms with Crippen LogP contribution in [0.2, 0.25) is 0 Å². The third kappa shape index (κ3) is 7.51. The Morgan fingerprint density at radius 3 is 1.58 bits per heavy atom. The lowest BCUT2D eigenvalue weighted by atomic mass is 9.99. The van der Waals surface area contributed by atoms with E-state index in [4.69, 9.17) is 18.9 Å². The molecular weight excluding hydrogens is 494 g/mol. The Balaban J connectivity index is 1.66. The molecule has 6 nitrogen and oxygen atoms in total. The van der Waals surface area contributed by atoms with Crippen molar-refractivity contribution in [2.24, 2.45) is 0 Å². The highest BCUT2D eigenvalue weighted by molar-refractivity contribution is 5.87. The lowest BCUT2D eigenvalue weighted by Crippen LogP contribution is -1.99. The van der Waals surface area contributed by atoms with Crippen molar-refractivity contribution >= 4 is 11.9 Å². The first kappa shape index (κ1) is 27.6. The second-order valence-electron chi connectivity index (χ2n) is 8.01. The van der Waals surface area contributed by atoms with E-state index in [0.29, 0.717) is 16.9 Å². The molecule has 0 heterocycles. The summed E-state index contributed by atoms with van der Waals surface area (Å²) in [6, 6.07) is 15.2. The summed E-state index contributed by atoms with van der Waals surface area (Å²) in [5.41, 5.74) is 1.92. The van der Waals surface area contributed by atoms with E-state index < -0.39 is 23.6 Å². The second kappa shape index (κ2) is 12.8. The standard InChI is InChI=1S/C30H24F2O6/c1-19(2)29(33)37-15-13-35-23-8-5-21(6-9-23)22-7-11-25(27(31)17-22)26-12-10-24(18-28(26)32)36-14-16-38-30(34)20(3)4/h5-18H,1,3H2,2,4H3/b15-13-,16-14-. The Morgan fingerprint density at radius 1 is 0.632 bits per heavy atom. The number of benzene rings is 3. The summed E-state index contributed by atoms with van der Waals surface area (Å²) < 4.78 is 49.8. The van der Waals surface area contributed by atoms with Gasteiger partial charge in [-0.3, -0.25) is 0 Å². The van der Waals surface area contributed by atoms with E-state index in [0.717, 1.165) is 24.9 Å². The smallest absolute Gasteiger partial charge is 0.338 e. The van der Waals surface area contributed by atoms with E-state index in [1.54, 1.807) is 30.3 Å². The zero-order valence-electron chi connectivity index (χ0n) is 20.7. The molecule has 0 saturated carbocycles. The molecule has 0 aliphatic heterocycles. The van der Waals surface area contributed by atoms with Gasteiger partial charge in [0.15, 0.2) is 0 Å². The van der Waals surface area contributed by atoms with Crippen molar-refractivity contribution in [3.8, 4) is 33.8 Å². The van der Waals surface area contributed by atoms with Crippen LogP contribution in [0.25, 0.3) is 22.3 Å². The van der Waals surface area contributed by atoms with Crippen LogP contribution in [0.3, 0.4) is 0 Å². The molecule has 0 aliphatic carbocycles. The Kier molecular flexibility index (Phi) is 9.31. The molecule has 3 rings (SSSR count). The number of hydrogen-bond donors (Lipinski definition) is 0. The fourth-order valence-electron chi connectivity index (χ4n) is 3.02. The summed E-state index contributed by atoms with van der Waals surface area (Å²) in [4.78, 5) is 22.6. The zero-order valence-corrected chi connectivity index (χ0v) is 20.7. The van der Waals surface area contributed by atoms with Crippen LogP contribution in [0.5, 0.6) is 11.5 Å². The van der Waals surface area contributed by atoms with Gasteiger partial charge in [-0.2, -0.15) is 0 Å². The van der Waals surface area contributed by atoms with Gasteiger partial charge >= 0.3 is 11.9 Å². The number of esters is 2. The van der Waals surface area contributed by atoms with Gasteiger partial charge in [0, 0.05) is 28.3 Å². The second-order valence-corrected chi connectivity index (χ2v) is 8.01. The van der Waals surface area contributed by atoms with Gasteiger partial charge in [-0.25, -0.2) is 18.4 Å². The molecule has 0 bridgehead atoms. The number of hydrogen-bond acceptors (Lipinski definition) is 6. The van der Waals surface area contributed by atoms with Crippen LogP contribution in [0.15, 0.2) is 110 Å². The van der Waals surface area contributed by atoms with Crippen LogP contribution in [0, 0.1) is 11.6 Å². The van der Waals surface area contributed by atoms with Crippen molar-refractivity contribution in [1.29, 1.82) is 0 Å². The van der Waals surface area contributed by atoms with Crippen LogP contribution in [0.1, 0.15) is 13.8 Å². The number of halogens is 2. The molecule has 0 unspecified atom stereocenters. The molecule has 0 amide bonds. The van der Waals surface area contributed by atoms with Crippen LogP contribution in [-0.4, -0.2) is 11.9 Å². The number of carbonyl (C=O) groups is 2. The molecular formula is C30H24F2O6. The minimum atomic E-state index is -0.690. The molecule has 194 valence electrons. The Bertz CT molecular complexity index is 1420. The number of carbonyl (C=O) groups excluding carboxylic acids is 2. The first-order valence-corrected chi connectivity index (χ1v) is 11.2. The maximum absolute atomic E-state index is 15.0. The largest absolute Gasteiger partial charge is 0.462 e. The van der Waals surface area contributed by atoms with Crippen LogP contribution >= 0.6 is 0 Å². The monoisotopic (exact) mass is 518 g/mol. The zero-order chi connectivity index (χ0) is 27.7. The first-order valence-electron chi connectivity index (χ1n) is 11.2. The fourth-order valence-corrected chi connectivity index (χ4v) is 3.02. The lowest BCUT2D eigenvalue weighted by molar-refractivity contribution is -0.134. The third-order valence-corrected chi connectivity index (χ3v) is 4.95. The van der Waals surface area contributed by atoms with Gasteiger partial charge < -0.3 is 18.9 Å². The normalized spacial score (nSPS) is 10.8. The molecule has 3 aromatic carbocycles. The number of rotatable bonds is 10. The molecule has 0 saturated heterocycles. The van der Waals surface area contributed by atoms with Gasteiger partial charge in [0.05, 0.1) is 0 Å². The topological polar surface area (TPSA) is 71.1 Å². The van der Waals surface area contributed by atoms with Crippen molar-refractivity contribution in [3.05, 3.63) is 122 Å².